The van der Waals surface area contributed by atoms with Crippen LogP contribution in [-0.2, 0) is 21.3 Å². The van der Waals surface area contributed by atoms with Gasteiger partial charge < -0.3 is 9.64 Å². The zero-order valence-electron chi connectivity index (χ0n) is 23.2. The molecule has 10 nitrogen and oxygen atoms in total. The second kappa shape index (κ2) is 11.2. The van der Waals surface area contributed by atoms with Crippen molar-refractivity contribution in [3.63, 3.8) is 0 Å². The Bertz CT molecular complexity index is 1600. The molecule has 0 bridgehead atoms. The van der Waals surface area contributed by atoms with Gasteiger partial charge in [0.1, 0.15) is 0 Å². The number of likely N-dealkylation sites (tertiary alicyclic amines) is 1. The summed E-state index contributed by atoms with van der Waals surface area (Å²) < 4.78 is 33.9. The number of morpholine rings is 1. The van der Waals surface area contributed by atoms with Crippen molar-refractivity contribution >= 4 is 37.4 Å². The number of fused-ring (bicyclic) bond motifs is 1. The molecule has 0 amide bonds. The fourth-order valence-corrected chi connectivity index (χ4v) is 7.36. The lowest BCUT2D eigenvalue weighted by Crippen LogP contribution is -2.44. The van der Waals surface area contributed by atoms with Gasteiger partial charge in [0, 0.05) is 62.5 Å². The molecule has 0 spiro atoms. The average molecular weight is 582 g/mol. The number of nitrogens with zero attached hydrogens (tertiary/aromatic N) is 7. The van der Waals surface area contributed by atoms with E-state index in [2.05, 4.69) is 41.0 Å². The number of rotatable bonds is 7. The van der Waals surface area contributed by atoms with Crippen molar-refractivity contribution in [2.24, 2.45) is 0 Å². The molecule has 12 heteroatoms. The van der Waals surface area contributed by atoms with Crippen LogP contribution in [0.5, 0.6) is 0 Å². The number of hydrogen-bond acceptors (Lipinski definition) is 9. The molecule has 212 valence electrons. The molecule has 0 atom stereocenters. The molecule has 2 aliphatic rings. The van der Waals surface area contributed by atoms with E-state index < -0.39 is 10.0 Å². The van der Waals surface area contributed by atoms with Gasteiger partial charge in [0.15, 0.2) is 5.82 Å². The van der Waals surface area contributed by atoms with E-state index in [0.717, 1.165) is 72.9 Å². The Hall–Kier alpha value is -2.90. The molecule has 40 heavy (non-hydrogen) atoms. The fraction of sp³-hybridized carbons (Fsp3) is 0.464. The molecule has 0 saturated carbocycles. The Morgan fingerprint density at radius 1 is 1.07 bits per heavy atom. The molecular formula is C28H35N7O3S2. The smallest absolute Gasteiger partial charge is 0.253 e. The summed E-state index contributed by atoms with van der Waals surface area (Å²) in [6.07, 6.45) is 4.87. The van der Waals surface area contributed by atoms with Crippen LogP contribution in [0.1, 0.15) is 23.3 Å². The predicted octanol–water partition coefficient (Wildman–Crippen LogP) is 3.54. The van der Waals surface area contributed by atoms with Crippen LogP contribution in [0.2, 0.25) is 0 Å². The highest BCUT2D eigenvalue weighted by molar-refractivity contribution is 7.88. The molecule has 0 N–H and O–H groups in total. The number of thiophene rings is 1. The zero-order valence-corrected chi connectivity index (χ0v) is 24.8. The van der Waals surface area contributed by atoms with E-state index in [0.29, 0.717) is 19.2 Å². The number of benzene rings is 1. The van der Waals surface area contributed by atoms with Gasteiger partial charge in [-0.25, -0.2) is 22.4 Å². The first-order valence-electron chi connectivity index (χ1n) is 13.7. The number of ether oxygens (including phenoxy) is 1. The predicted molar refractivity (Wildman–Crippen MR) is 159 cm³/mol. The van der Waals surface area contributed by atoms with E-state index in [-0.39, 0.29) is 6.04 Å². The summed E-state index contributed by atoms with van der Waals surface area (Å²) >= 11 is 1.75. The monoisotopic (exact) mass is 581 g/mol. The van der Waals surface area contributed by atoms with Crippen molar-refractivity contribution in [1.29, 1.82) is 0 Å². The van der Waals surface area contributed by atoms with Gasteiger partial charge in [-0.05, 0) is 38.0 Å². The van der Waals surface area contributed by atoms with Gasteiger partial charge in [-0.2, -0.15) is 10.1 Å². The third kappa shape index (κ3) is 5.77. The SMILES string of the molecule is Cc1cccc(-c2ccn(-c3nc(N4CCOCC4)c4sc(CN5CCC(N(C)S(C)(=O)=O)CC5)cc4n3)n2)c1. The quantitative estimate of drug-likeness (QED) is 0.327. The number of aromatic nitrogens is 4. The van der Waals surface area contributed by atoms with E-state index in [1.165, 1.54) is 21.0 Å². The van der Waals surface area contributed by atoms with Gasteiger partial charge in [-0.1, -0.05) is 23.8 Å². The Labute approximate surface area is 239 Å². The molecule has 0 aliphatic carbocycles. The maximum Gasteiger partial charge on any atom is 0.253 e. The minimum absolute atomic E-state index is 0.0637. The van der Waals surface area contributed by atoms with Crippen LogP contribution in [0.4, 0.5) is 5.82 Å². The third-order valence-electron chi connectivity index (χ3n) is 7.79. The van der Waals surface area contributed by atoms with Crippen molar-refractivity contribution in [3.8, 4) is 17.2 Å². The fourth-order valence-electron chi connectivity index (χ4n) is 5.45. The van der Waals surface area contributed by atoms with E-state index in [9.17, 15) is 8.42 Å². The standard InChI is InChI=1S/C28H35N7O3S2/c1-20-5-4-6-21(17-20)24-9-12-35(31-24)28-29-25-18-23(39-26(25)27(30-28)34-13-15-38-16-14-34)19-33-10-7-22(8-11-33)32(2)40(3,36)37/h4-6,9,12,17-18,22H,7-8,10-11,13-16,19H2,1-3H3. The van der Waals surface area contributed by atoms with Gasteiger partial charge in [-0.15, -0.1) is 11.3 Å². The van der Waals surface area contributed by atoms with Gasteiger partial charge in [0.25, 0.3) is 5.95 Å². The second-order valence-electron chi connectivity index (χ2n) is 10.7. The van der Waals surface area contributed by atoms with Crippen molar-refractivity contribution in [2.45, 2.75) is 32.4 Å². The normalized spacial score (nSPS) is 17.8. The minimum Gasteiger partial charge on any atom is -0.378 e. The molecule has 2 saturated heterocycles. The average Bonchev–Trinajstić information content (AvgIpc) is 3.60. The summed E-state index contributed by atoms with van der Waals surface area (Å²) in [5.74, 6) is 1.49. The lowest BCUT2D eigenvalue weighted by Gasteiger charge is -2.35. The summed E-state index contributed by atoms with van der Waals surface area (Å²) in [4.78, 5) is 15.9. The number of piperidine rings is 1. The van der Waals surface area contributed by atoms with Gasteiger partial charge in [-0.3, -0.25) is 4.90 Å². The molecule has 0 radical (unpaired) electrons. The molecular weight excluding hydrogens is 546 g/mol. The van der Waals surface area contributed by atoms with Crippen LogP contribution in [0.3, 0.4) is 0 Å². The number of sulfonamides is 1. The second-order valence-corrected chi connectivity index (χ2v) is 13.9. The van der Waals surface area contributed by atoms with Crippen LogP contribution in [-0.4, -0.2) is 96.1 Å². The Balaban J connectivity index is 1.27. The summed E-state index contributed by atoms with van der Waals surface area (Å²) in [7, 11) is -1.49. The van der Waals surface area contributed by atoms with Crippen molar-refractivity contribution < 1.29 is 13.2 Å². The first-order chi connectivity index (χ1) is 19.2. The molecule has 4 aromatic rings. The van der Waals surface area contributed by atoms with Crippen LogP contribution in [0.25, 0.3) is 27.4 Å². The van der Waals surface area contributed by atoms with E-state index in [1.54, 1.807) is 23.1 Å². The summed E-state index contributed by atoms with van der Waals surface area (Å²) in [5, 5.41) is 4.82. The Morgan fingerprint density at radius 3 is 2.58 bits per heavy atom. The maximum atomic E-state index is 12.0. The lowest BCUT2D eigenvalue weighted by molar-refractivity contribution is 0.122. The van der Waals surface area contributed by atoms with Crippen molar-refractivity contribution in [1.82, 2.24) is 29.0 Å². The highest BCUT2D eigenvalue weighted by atomic mass is 32.2. The number of aryl methyl sites for hydroxylation is 1. The van der Waals surface area contributed by atoms with Gasteiger partial charge >= 0.3 is 0 Å². The molecule has 3 aromatic heterocycles. The van der Waals surface area contributed by atoms with E-state index in [4.69, 9.17) is 19.8 Å². The highest BCUT2D eigenvalue weighted by Crippen LogP contribution is 2.34. The Kier molecular flexibility index (Phi) is 7.62. The third-order valence-corrected chi connectivity index (χ3v) is 10.2. The molecule has 0 unspecified atom stereocenters. The summed E-state index contributed by atoms with van der Waals surface area (Å²) in [6, 6.07) is 12.6. The molecule has 6 rings (SSSR count). The van der Waals surface area contributed by atoms with Crippen LogP contribution in [0.15, 0.2) is 42.6 Å². The first-order valence-corrected chi connectivity index (χ1v) is 16.3. The van der Waals surface area contributed by atoms with Gasteiger partial charge in [0.05, 0.1) is 35.4 Å². The maximum absolute atomic E-state index is 12.0. The van der Waals surface area contributed by atoms with Crippen LogP contribution >= 0.6 is 11.3 Å². The largest absolute Gasteiger partial charge is 0.378 e. The van der Waals surface area contributed by atoms with Crippen LogP contribution < -0.4 is 4.90 Å². The highest BCUT2D eigenvalue weighted by Gasteiger charge is 2.28. The molecule has 1 aromatic carbocycles. The lowest BCUT2D eigenvalue weighted by atomic mass is 10.1. The van der Waals surface area contributed by atoms with E-state index in [1.807, 2.05) is 18.3 Å². The minimum atomic E-state index is -3.17. The van der Waals surface area contributed by atoms with Crippen molar-refractivity contribution in [3.05, 3.63) is 53.0 Å². The summed E-state index contributed by atoms with van der Waals surface area (Å²) in [6.45, 7) is 7.54. The molecule has 2 fully saturated rings. The molecule has 2 aliphatic heterocycles. The summed E-state index contributed by atoms with van der Waals surface area (Å²) in [5.41, 5.74) is 4.07. The first kappa shape index (κ1) is 27.3. The topological polar surface area (TPSA) is 96.7 Å². The number of hydrogen-bond donors (Lipinski definition) is 0. The van der Waals surface area contributed by atoms with Gasteiger partial charge in [0.2, 0.25) is 10.0 Å². The number of anilines is 1. The zero-order chi connectivity index (χ0) is 27.9. The van der Waals surface area contributed by atoms with Crippen molar-refractivity contribution in [2.75, 3.05) is 57.6 Å². The van der Waals surface area contributed by atoms with Crippen LogP contribution in [0, 0.1) is 6.92 Å². The molecule has 5 heterocycles. The van der Waals surface area contributed by atoms with E-state index >= 15 is 0 Å². The Morgan fingerprint density at radius 2 is 1.85 bits per heavy atom.